The monoisotopic (exact) mass is 371 g/mol. The molecule has 0 saturated heterocycles. The van der Waals surface area contributed by atoms with Crippen molar-refractivity contribution in [1.82, 2.24) is 9.55 Å². The molecule has 2 aromatic heterocycles. The summed E-state index contributed by atoms with van der Waals surface area (Å²) in [7, 11) is 0. The van der Waals surface area contributed by atoms with Crippen molar-refractivity contribution in [2.75, 3.05) is 0 Å². The van der Waals surface area contributed by atoms with Gasteiger partial charge in [0.05, 0.1) is 17.3 Å². The van der Waals surface area contributed by atoms with Crippen LogP contribution in [0.2, 0.25) is 0 Å². The minimum atomic E-state index is -1.04. The van der Waals surface area contributed by atoms with E-state index in [9.17, 15) is 15.2 Å². The fraction of sp³-hybridized carbons (Fsp3) is 0.261. The topological polar surface area (TPSA) is 78.9 Å². The van der Waals surface area contributed by atoms with Gasteiger partial charge in [0.25, 0.3) is 0 Å². The number of carbonyl (C=O) groups is 1. The summed E-state index contributed by atoms with van der Waals surface area (Å²) in [6.45, 7) is 3.92. The number of hydrogen-bond acceptors (Lipinski definition) is 3. The summed E-state index contributed by atoms with van der Waals surface area (Å²) in [6, 6.07) is 12.6. The van der Waals surface area contributed by atoms with Crippen LogP contribution < -0.4 is 0 Å². The molecule has 5 heteroatoms. The Morgan fingerprint density at radius 2 is 2.14 bits per heavy atom. The number of nitrogens with zero attached hydrogens (tertiary/aromatic N) is 3. The lowest BCUT2D eigenvalue weighted by atomic mass is 9.87. The molecular weight excluding hydrogens is 350 g/mol. The van der Waals surface area contributed by atoms with Crippen LogP contribution in [0, 0.1) is 25.2 Å². The molecule has 1 aliphatic rings. The van der Waals surface area contributed by atoms with Crippen molar-refractivity contribution < 1.29 is 9.90 Å². The van der Waals surface area contributed by atoms with Crippen LogP contribution in [-0.4, -0.2) is 20.6 Å². The third kappa shape index (κ3) is 2.87. The van der Waals surface area contributed by atoms with Crippen molar-refractivity contribution in [2.45, 2.75) is 39.2 Å². The van der Waals surface area contributed by atoms with Gasteiger partial charge in [0.1, 0.15) is 11.7 Å². The highest BCUT2D eigenvalue weighted by molar-refractivity contribution is 5.94. The van der Waals surface area contributed by atoms with E-state index in [0.717, 1.165) is 47.6 Å². The molecule has 2 heterocycles. The third-order valence-electron chi connectivity index (χ3n) is 5.46. The molecule has 3 aromatic rings. The Kier molecular flexibility index (Phi) is 4.48. The molecule has 0 aliphatic heterocycles. The lowest BCUT2D eigenvalue weighted by Crippen LogP contribution is -2.19. The third-order valence-corrected chi connectivity index (χ3v) is 5.46. The first-order chi connectivity index (χ1) is 13.5. The standard InChI is InChI=1S/C23H21N3O2/c1-14-12-15(2)25-23-22(14)18(13-24)20(10-11-21(27)28)26(23)19-9-5-7-16-6-3-4-8-17(16)19/h3-4,6,8,10-12,19H,5,7,9H2,1-2H3,(H,27,28)/b11-10+. The minimum Gasteiger partial charge on any atom is -0.478 e. The Morgan fingerprint density at radius 3 is 2.89 bits per heavy atom. The molecule has 4 rings (SSSR count). The van der Waals surface area contributed by atoms with Crippen molar-refractivity contribution in [1.29, 1.82) is 5.26 Å². The van der Waals surface area contributed by atoms with Crippen LogP contribution >= 0.6 is 0 Å². The summed E-state index contributed by atoms with van der Waals surface area (Å²) in [5.41, 5.74) is 6.24. The average molecular weight is 371 g/mol. The molecule has 0 amide bonds. The molecule has 1 aromatic carbocycles. The van der Waals surface area contributed by atoms with Crippen molar-refractivity contribution in [3.63, 3.8) is 0 Å². The quantitative estimate of drug-likeness (QED) is 0.685. The van der Waals surface area contributed by atoms with Crippen LogP contribution in [-0.2, 0) is 11.2 Å². The van der Waals surface area contributed by atoms with Gasteiger partial charge in [-0.3, -0.25) is 0 Å². The number of aryl methyl sites for hydroxylation is 3. The second kappa shape index (κ2) is 6.97. The summed E-state index contributed by atoms with van der Waals surface area (Å²) in [6.07, 6.45) is 5.63. The number of pyridine rings is 1. The predicted molar refractivity (Wildman–Crippen MR) is 108 cm³/mol. The highest BCUT2D eigenvalue weighted by Crippen LogP contribution is 2.39. The molecule has 0 saturated carbocycles. The first kappa shape index (κ1) is 18.0. The van der Waals surface area contributed by atoms with Crippen molar-refractivity contribution in [2.24, 2.45) is 0 Å². The predicted octanol–water partition coefficient (Wildman–Crippen LogP) is 4.55. The highest BCUT2D eigenvalue weighted by atomic mass is 16.4. The zero-order valence-corrected chi connectivity index (χ0v) is 15.9. The number of carboxylic acid groups (broad SMARTS) is 1. The van der Waals surface area contributed by atoms with Gasteiger partial charge in [-0.2, -0.15) is 5.26 Å². The van der Waals surface area contributed by atoms with Crippen LogP contribution in [0.25, 0.3) is 17.1 Å². The van der Waals surface area contributed by atoms with Gasteiger partial charge >= 0.3 is 5.97 Å². The number of benzene rings is 1. The second-order valence-corrected chi connectivity index (χ2v) is 7.30. The molecule has 1 aliphatic carbocycles. The van der Waals surface area contributed by atoms with E-state index in [1.54, 1.807) is 0 Å². The fourth-order valence-electron chi connectivity index (χ4n) is 4.40. The van der Waals surface area contributed by atoms with E-state index in [1.807, 2.05) is 32.0 Å². The smallest absolute Gasteiger partial charge is 0.328 e. The van der Waals surface area contributed by atoms with Crippen molar-refractivity contribution >= 4 is 23.1 Å². The van der Waals surface area contributed by atoms with Crippen molar-refractivity contribution in [3.05, 3.63) is 70.0 Å². The van der Waals surface area contributed by atoms with E-state index in [2.05, 4.69) is 22.8 Å². The number of aromatic nitrogens is 2. The molecule has 0 spiro atoms. The summed E-state index contributed by atoms with van der Waals surface area (Å²) in [5.74, 6) is -1.04. The highest BCUT2D eigenvalue weighted by Gasteiger charge is 2.28. The van der Waals surface area contributed by atoms with Gasteiger partial charge in [-0.15, -0.1) is 0 Å². The van der Waals surface area contributed by atoms with Crippen LogP contribution in [0.4, 0.5) is 0 Å². The summed E-state index contributed by atoms with van der Waals surface area (Å²) in [4.78, 5) is 16.0. The zero-order chi connectivity index (χ0) is 19.8. The van der Waals surface area contributed by atoms with Crippen molar-refractivity contribution in [3.8, 4) is 6.07 Å². The molecule has 1 unspecified atom stereocenters. The molecule has 1 atom stereocenters. The molecule has 0 fully saturated rings. The van der Waals surface area contributed by atoms with Gasteiger partial charge < -0.3 is 9.67 Å². The number of nitriles is 1. The Bertz CT molecular complexity index is 1160. The maximum absolute atomic E-state index is 11.2. The molecule has 1 N–H and O–H groups in total. The Hall–Kier alpha value is -3.39. The lowest BCUT2D eigenvalue weighted by Gasteiger charge is -2.28. The maximum atomic E-state index is 11.2. The minimum absolute atomic E-state index is 0.0247. The summed E-state index contributed by atoms with van der Waals surface area (Å²) in [5, 5.41) is 19.9. The first-order valence-electron chi connectivity index (χ1n) is 9.42. The van der Waals surface area contributed by atoms with Crippen LogP contribution in [0.15, 0.2) is 36.4 Å². The number of fused-ring (bicyclic) bond motifs is 2. The van der Waals surface area contributed by atoms with Crippen LogP contribution in [0.1, 0.15) is 52.5 Å². The molecule has 0 radical (unpaired) electrons. The van der Waals surface area contributed by atoms with Gasteiger partial charge in [-0.05, 0) is 61.9 Å². The average Bonchev–Trinajstić information content (AvgIpc) is 2.99. The van der Waals surface area contributed by atoms with E-state index in [-0.39, 0.29) is 6.04 Å². The Labute approximate surface area is 163 Å². The van der Waals surface area contributed by atoms with Crippen LogP contribution in [0.5, 0.6) is 0 Å². The second-order valence-electron chi connectivity index (χ2n) is 7.30. The fourth-order valence-corrected chi connectivity index (χ4v) is 4.40. The van der Waals surface area contributed by atoms with Gasteiger partial charge in [0.15, 0.2) is 0 Å². The molecule has 5 nitrogen and oxygen atoms in total. The van der Waals surface area contributed by atoms with Gasteiger partial charge in [-0.25, -0.2) is 9.78 Å². The SMILES string of the molecule is Cc1cc(C)c2c(C#N)c(/C=C/C(=O)O)n(C3CCCc4ccccc43)c2n1. The Morgan fingerprint density at radius 1 is 1.36 bits per heavy atom. The summed E-state index contributed by atoms with van der Waals surface area (Å²) >= 11 is 0. The normalized spacial score (nSPS) is 16.2. The van der Waals surface area contributed by atoms with Crippen LogP contribution in [0.3, 0.4) is 0 Å². The number of hydrogen-bond donors (Lipinski definition) is 1. The van der Waals surface area contributed by atoms with E-state index in [1.165, 1.54) is 17.2 Å². The first-order valence-corrected chi connectivity index (χ1v) is 9.42. The molecule has 28 heavy (non-hydrogen) atoms. The molecular formula is C23H21N3O2. The molecule has 140 valence electrons. The van der Waals surface area contributed by atoms with E-state index in [0.29, 0.717) is 11.3 Å². The Balaban J connectivity index is 2.09. The lowest BCUT2D eigenvalue weighted by molar-refractivity contribution is -0.131. The van der Waals surface area contributed by atoms with E-state index >= 15 is 0 Å². The van der Waals surface area contributed by atoms with Gasteiger partial charge in [0, 0.05) is 17.2 Å². The number of rotatable bonds is 3. The number of aliphatic carboxylic acids is 1. The van der Waals surface area contributed by atoms with Gasteiger partial charge in [0.2, 0.25) is 0 Å². The zero-order valence-electron chi connectivity index (χ0n) is 15.9. The summed E-state index contributed by atoms with van der Waals surface area (Å²) < 4.78 is 2.07. The van der Waals surface area contributed by atoms with E-state index in [4.69, 9.17) is 4.98 Å². The maximum Gasteiger partial charge on any atom is 0.328 e. The molecule has 0 bridgehead atoms. The number of carboxylic acids is 1. The largest absolute Gasteiger partial charge is 0.478 e. The van der Waals surface area contributed by atoms with Gasteiger partial charge in [-0.1, -0.05) is 24.3 Å². The van der Waals surface area contributed by atoms with E-state index < -0.39 is 5.97 Å².